The van der Waals surface area contributed by atoms with Gasteiger partial charge in [-0.25, -0.2) is 9.59 Å². The SMILES string of the molecule is Cc1c(NC(=O)N2CCCCCCC2)cccc1C(=O)O. The molecule has 0 radical (unpaired) electrons. The standard InChI is InChI=1S/C16H22N2O3/c1-12-13(15(19)20)8-7-9-14(12)17-16(21)18-10-5-3-2-4-6-11-18/h7-9H,2-6,10-11H2,1H3,(H,17,21)(H,19,20). The summed E-state index contributed by atoms with van der Waals surface area (Å²) in [6, 6.07) is 4.80. The number of carboxylic acid groups (broad SMARTS) is 1. The minimum Gasteiger partial charge on any atom is -0.478 e. The number of anilines is 1. The van der Waals surface area contributed by atoms with E-state index in [-0.39, 0.29) is 11.6 Å². The van der Waals surface area contributed by atoms with E-state index in [1.165, 1.54) is 6.42 Å². The monoisotopic (exact) mass is 290 g/mol. The molecule has 2 amide bonds. The summed E-state index contributed by atoms with van der Waals surface area (Å²) in [5.74, 6) is -0.977. The summed E-state index contributed by atoms with van der Waals surface area (Å²) in [4.78, 5) is 25.3. The molecule has 0 spiro atoms. The first-order chi connectivity index (χ1) is 10.1. The molecule has 0 aliphatic carbocycles. The Bertz CT molecular complexity index is 520. The molecule has 1 aromatic rings. The topological polar surface area (TPSA) is 69.6 Å². The molecule has 114 valence electrons. The molecular weight excluding hydrogens is 268 g/mol. The maximum Gasteiger partial charge on any atom is 0.336 e. The average Bonchev–Trinajstić information content (AvgIpc) is 2.40. The lowest BCUT2D eigenvalue weighted by Gasteiger charge is -2.25. The van der Waals surface area contributed by atoms with Crippen molar-refractivity contribution in [3.8, 4) is 0 Å². The molecule has 1 heterocycles. The van der Waals surface area contributed by atoms with Gasteiger partial charge in [-0.05, 0) is 37.5 Å². The average molecular weight is 290 g/mol. The van der Waals surface area contributed by atoms with Gasteiger partial charge in [-0.2, -0.15) is 0 Å². The van der Waals surface area contributed by atoms with E-state index in [4.69, 9.17) is 5.11 Å². The number of hydrogen-bond acceptors (Lipinski definition) is 2. The fourth-order valence-electron chi connectivity index (χ4n) is 2.65. The van der Waals surface area contributed by atoms with Crippen LogP contribution in [0.2, 0.25) is 0 Å². The predicted molar refractivity (Wildman–Crippen MR) is 81.8 cm³/mol. The molecule has 2 N–H and O–H groups in total. The van der Waals surface area contributed by atoms with E-state index in [2.05, 4.69) is 5.32 Å². The Balaban J connectivity index is 2.08. The van der Waals surface area contributed by atoms with Crippen LogP contribution < -0.4 is 5.32 Å². The zero-order chi connectivity index (χ0) is 15.2. The molecule has 2 rings (SSSR count). The lowest BCUT2D eigenvalue weighted by molar-refractivity contribution is 0.0696. The molecule has 0 bridgehead atoms. The number of carbonyl (C=O) groups excluding carboxylic acids is 1. The normalized spacial score (nSPS) is 16.0. The summed E-state index contributed by atoms with van der Waals surface area (Å²) < 4.78 is 0. The van der Waals surface area contributed by atoms with Crippen LogP contribution in [0, 0.1) is 6.92 Å². The number of nitrogens with one attached hydrogen (secondary N) is 1. The molecule has 1 aromatic carbocycles. The molecule has 5 heteroatoms. The van der Waals surface area contributed by atoms with Crippen LogP contribution in [0.5, 0.6) is 0 Å². The van der Waals surface area contributed by atoms with Gasteiger partial charge in [0.2, 0.25) is 0 Å². The molecule has 1 saturated heterocycles. The number of nitrogens with zero attached hydrogens (tertiary/aromatic N) is 1. The smallest absolute Gasteiger partial charge is 0.336 e. The van der Waals surface area contributed by atoms with E-state index in [0.717, 1.165) is 38.8 Å². The minimum atomic E-state index is -0.977. The predicted octanol–water partition coefficient (Wildman–Crippen LogP) is 3.49. The minimum absolute atomic E-state index is 0.137. The van der Waals surface area contributed by atoms with Crippen molar-refractivity contribution in [2.45, 2.75) is 39.0 Å². The van der Waals surface area contributed by atoms with Gasteiger partial charge in [0.05, 0.1) is 5.56 Å². The van der Waals surface area contributed by atoms with Gasteiger partial charge in [0.15, 0.2) is 0 Å². The van der Waals surface area contributed by atoms with Crippen LogP contribution >= 0.6 is 0 Å². The van der Waals surface area contributed by atoms with Crippen LogP contribution in [0.4, 0.5) is 10.5 Å². The number of rotatable bonds is 2. The van der Waals surface area contributed by atoms with E-state index in [1.807, 2.05) is 4.90 Å². The number of urea groups is 1. The summed E-state index contributed by atoms with van der Waals surface area (Å²) in [5, 5.41) is 12.0. The van der Waals surface area contributed by atoms with Crippen LogP contribution in [0.3, 0.4) is 0 Å². The quantitative estimate of drug-likeness (QED) is 0.876. The molecule has 0 unspecified atom stereocenters. The Morgan fingerprint density at radius 2 is 1.71 bits per heavy atom. The molecule has 0 saturated carbocycles. The molecule has 1 aliphatic heterocycles. The van der Waals surface area contributed by atoms with E-state index >= 15 is 0 Å². The Morgan fingerprint density at radius 1 is 1.10 bits per heavy atom. The second kappa shape index (κ2) is 7.11. The zero-order valence-corrected chi connectivity index (χ0v) is 12.4. The van der Waals surface area contributed by atoms with E-state index < -0.39 is 5.97 Å². The maximum absolute atomic E-state index is 12.3. The van der Waals surface area contributed by atoms with Crippen molar-refractivity contribution in [2.75, 3.05) is 18.4 Å². The summed E-state index contributed by atoms with van der Waals surface area (Å²) in [5.41, 5.74) is 1.38. The fraction of sp³-hybridized carbons (Fsp3) is 0.500. The number of hydrogen-bond donors (Lipinski definition) is 2. The van der Waals surface area contributed by atoms with Crippen LogP contribution in [0.1, 0.15) is 48.0 Å². The van der Waals surface area contributed by atoms with Crippen molar-refractivity contribution >= 4 is 17.7 Å². The summed E-state index contributed by atoms with van der Waals surface area (Å²) >= 11 is 0. The number of amides is 2. The Kier molecular flexibility index (Phi) is 5.20. The highest BCUT2D eigenvalue weighted by atomic mass is 16.4. The van der Waals surface area contributed by atoms with E-state index in [0.29, 0.717) is 11.3 Å². The van der Waals surface area contributed by atoms with Crippen molar-refractivity contribution in [1.82, 2.24) is 4.90 Å². The molecule has 5 nitrogen and oxygen atoms in total. The molecule has 0 aromatic heterocycles. The first kappa shape index (κ1) is 15.4. The van der Waals surface area contributed by atoms with Crippen molar-refractivity contribution in [1.29, 1.82) is 0 Å². The van der Waals surface area contributed by atoms with Gasteiger partial charge < -0.3 is 15.3 Å². The van der Waals surface area contributed by atoms with Crippen LogP contribution in [-0.4, -0.2) is 35.1 Å². The first-order valence-electron chi connectivity index (χ1n) is 7.48. The van der Waals surface area contributed by atoms with Crippen molar-refractivity contribution in [3.63, 3.8) is 0 Å². The number of carboxylic acids is 1. The third kappa shape index (κ3) is 3.97. The molecule has 21 heavy (non-hydrogen) atoms. The number of carbonyl (C=O) groups is 2. The lowest BCUT2D eigenvalue weighted by Crippen LogP contribution is -2.37. The molecule has 1 aliphatic rings. The Morgan fingerprint density at radius 3 is 2.33 bits per heavy atom. The highest BCUT2D eigenvalue weighted by Crippen LogP contribution is 2.20. The first-order valence-corrected chi connectivity index (χ1v) is 7.48. The van der Waals surface area contributed by atoms with Gasteiger partial charge in [0.25, 0.3) is 0 Å². The Labute approximate surface area is 125 Å². The highest BCUT2D eigenvalue weighted by molar-refractivity contribution is 5.95. The van der Waals surface area contributed by atoms with Crippen LogP contribution in [-0.2, 0) is 0 Å². The molecule has 0 atom stereocenters. The lowest BCUT2D eigenvalue weighted by atomic mass is 10.1. The van der Waals surface area contributed by atoms with Gasteiger partial charge >= 0.3 is 12.0 Å². The summed E-state index contributed by atoms with van der Waals surface area (Å²) in [6.45, 7) is 3.25. The van der Waals surface area contributed by atoms with Gasteiger partial charge in [0.1, 0.15) is 0 Å². The molecular formula is C16H22N2O3. The number of likely N-dealkylation sites (tertiary alicyclic amines) is 1. The zero-order valence-electron chi connectivity index (χ0n) is 12.4. The van der Waals surface area contributed by atoms with Gasteiger partial charge in [-0.1, -0.05) is 25.3 Å². The second-order valence-electron chi connectivity index (χ2n) is 5.47. The van der Waals surface area contributed by atoms with Gasteiger partial charge in [-0.15, -0.1) is 0 Å². The Hall–Kier alpha value is -2.04. The summed E-state index contributed by atoms with van der Waals surface area (Å²) in [6.07, 6.45) is 5.63. The van der Waals surface area contributed by atoms with Gasteiger partial charge in [-0.3, -0.25) is 0 Å². The van der Waals surface area contributed by atoms with Crippen LogP contribution in [0.25, 0.3) is 0 Å². The third-order valence-electron chi connectivity index (χ3n) is 3.95. The number of aromatic carboxylic acids is 1. The largest absolute Gasteiger partial charge is 0.478 e. The van der Waals surface area contributed by atoms with E-state index in [9.17, 15) is 9.59 Å². The van der Waals surface area contributed by atoms with Crippen LogP contribution in [0.15, 0.2) is 18.2 Å². The highest BCUT2D eigenvalue weighted by Gasteiger charge is 2.17. The summed E-state index contributed by atoms with van der Waals surface area (Å²) in [7, 11) is 0. The third-order valence-corrected chi connectivity index (χ3v) is 3.95. The maximum atomic E-state index is 12.3. The van der Waals surface area contributed by atoms with Gasteiger partial charge in [0, 0.05) is 18.8 Å². The molecule has 1 fully saturated rings. The van der Waals surface area contributed by atoms with E-state index in [1.54, 1.807) is 25.1 Å². The van der Waals surface area contributed by atoms with Crippen molar-refractivity contribution in [2.24, 2.45) is 0 Å². The van der Waals surface area contributed by atoms with Crippen molar-refractivity contribution < 1.29 is 14.7 Å². The van der Waals surface area contributed by atoms with Crippen molar-refractivity contribution in [3.05, 3.63) is 29.3 Å². The number of benzene rings is 1. The second-order valence-corrected chi connectivity index (χ2v) is 5.47. The fourth-order valence-corrected chi connectivity index (χ4v) is 2.65.